The van der Waals surface area contributed by atoms with Gasteiger partial charge in [-0.1, -0.05) is 23.7 Å². The van der Waals surface area contributed by atoms with Gasteiger partial charge in [0.25, 0.3) is 0 Å². The summed E-state index contributed by atoms with van der Waals surface area (Å²) in [5.74, 6) is 0.927. The summed E-state index contributed by atoms with van der Waals surface area (Å²) in [6.07, 6.45) is 3.20. The zero-order valence-corrected chi connectivity index (χ0v) is 16.8. The monoisotopic (exact) mass is 390 g/mol. The van der Waals surface area contributed by atoms with E-state index in [1.165, 1.54) is 10.6 Å². The molecule has 4 nitrogen and oxygen atoms in total. The maximum Gasteiger partial charge on any atom is 0.191 e. The van der Waals surface area contributed by atoms with E-state index in [9.17, 15) is 0 Å². The predicted molar refractivity (Wildman–Crippen MR) is 114 cm³/mol. The third-order valence-corrected chi connectivity index (χ3v) is 5.76. The molecule has 2 aromatic rings. The van der Waals surface area contributed by atoms with E-state index in [0.717, 1.165) is 56.4 Å². The van der Waals surface area contributed by atoms with Gasteiger partial charge >= 0.3 is 0 Å². The largest absolute Gasteiger partial charge is 0.363 e. The van der Waals surface area contributed by atoms with Crippen molar-refractivity contribution >= 4 is 33.9 Å². The Morgan fingerprint density at radius 1 is 1.23 bits per heavy atom. The van der Waals surface area contributed by atoms with E-state index in [-0.39, 0.29) is 0 Å². The van der Waals surface area contributed by atoms with Crippen molar-refractivity contribution in [3.8, 4) is 0 Å². The lowest BCUT2D eigenvalue weighted by atomic mass is 10.1. The maximum absolute atomic E-state index is 5.94. The second-order valence-electron chi connectivity index (χ2n) is 6.49. The summed E-state index contributed by atoms with van der Waals surface area (Å²) >= 11 is 7.76. The van der Waals surface area contributed by atoms with Crippen molar-refractivity contribution in [2.75, 3.05) is 31.1 Å². The molecule has 0 radical (unpaired) electrons. The normalized spacial score (nSPS) is 15.9. The summed E-state index contributed by atoms with van der Waals surface area (Å²) in [4.78, 5) is 7.22. The van der Waals surface area contributed by atoms with Crippen LogP contribution in [0, 0.1) is 0 Å². The molecule has 3 rings (SSSR count). The Bertz CT molecular complexity index is 676. The molecule has 0 aliphatic carbocycles. The number of aliphatic imine (C=N–C) groups is 1. The van der Waals surface area contributed by atoms with Crippen LogP contribution in [0.1, 0.15) is 25.3 Å². The number of benzene rings is 1. The fourth-order valence-corrected chi connectivity index (χ4v) is 4.07. The number of thiophene rings is 1. The van der Waals surface area contributed by atoms with Gasteiger partial charge in [0, 0.05) is 37.2 Å². The molecule has 26 heavy (non-hydrogen) atoms. The highest BCUT2D eigenvalue weighted by molar-refractivity contribution is 7.14. The molecule has 1 aromatic heterocycles. The number of hydrogen-bond acceptors (Lipinski definition) is 3. The van der Waals surface area contributed by atoms with Gasteiger partial charge in [-0.2, -0.15) is 0 Å². The summed E-state index contributed by atoms with van der Waals surface area (Å²) < 4.78 is 0. The van der Waals surface area contributed by atoms with Crippen molar-refractivity contribution in [1.29, 1.82) is 0 Å². The summed E-state index contributed by atoms with van der Waals surface area (Å²) in [6, 6.07) is 12.8. The minimum atomic E-state index is 0.486. The molecule has 0 spiro atoms. The highest BCUT2D eigenvalue weighted by Crippen LogP contribution is 2.24. The topological polar surface area (TPSA) is 39.7 Å². The molecule has 0 saturated carbocycles. The van der Waals surface area contributed by atoms with Gasteiger partial charge < -0.3 is 15.5 Å². The number of guanidine groups is 1. The number of anilines is 1. The lowest BCUT2D eigenvalue weighted by Crippen LogP contribution is -2.48. The third-order valence-electron chi connectivity index (χ3n) is 4.58. The zero-order valence-electron chi connectivity index (χ0n) is 15.2. The summed E-state index contributed by atoms with van der Waals surface area (Å²) in [5.41, 5.74) is 1.26. The minimum absolute atomic E-state index is 0.486. The molecular formula is C20H27ClN4S. The van der Waals surface area contributed by atoms with Crippen LogP contribution in [0.25, 0.3) is 0 Å². The average Bonchev–Trinajstić information content (AvgIpc) is 3.19. The van der Waals surface area contributed by atoms with E-state index in [1.54, 1.807) is 0 Å². The third kappa shape index (κ3) is 5.64. The summed E-state index contributed by atoms with van der Waals surface area (Å²) in [6.45, 7) is 5.95. The molecule has 0 unspecified atom stereocenters. The number of hydrogen-bond donors (Lipinski definition) is 2. The van der Waals surface area contributed by atoms with Crippen LogP contribution in [0.3, 0.4) is 0 Å². The Labute approximate surface area is 165 Å². The zero-order chi connectivity index (χ0) is 18.2. The van der Waals surface area contributed by atoms with Crippen LogP contribution in [0.5, 0.6) is 0 Å². The molecule has 1 aliphatic heterocycles. The molecule has 1 aromatic carbocycles. The van der Waals surface area contributed by atoms with Gasteiger partial charge in [0.05, 0.1) is 5.00 Å². The van der Waals surface area contributed by atoms with E-state index >= 15 is 0 Å². The first-order valence-corrected chi connectivity index (χ1v) is 10.6. The first-order chi connectivity index (χ1) is 12.7. The van der Waals surface area contributed by atoms with Crippen molar-refractivity contribution < 1.29 is 0 Å². The predicted octanol–water partition coefficient (Wildman–Crippen LogP) is 4.17. The van der Waals surface area contributed by atoms with E-state index in [1.807, 2.05) is 23.5 Å². The van der Waals surface area contributed by atoms with Gasteiger partial charge in [-0.25, -0.2) is 0 Å². The van der Waals surface area contributed by atoms with Crippen LogP contribution in [0.2, 0.25) is 5.02 Å². The Hall–Kier alpha value is -1.72. The quantitative estimate of drug-likeness (QED) is 0.574. The summed E-state index contributed by atoms with van der Waals surface area (Å²) in [5, 5.41) is 11.3. The molecular weight excluding hydrogens is 364 g/mol. The second kappa shape index (κ2) is 9.83. The number of piperidine rings is 1. The first kappa shape index (κ1) is 19.1. The number of nitrogens with one attached hydrogen (secondary N) is 2. The molecule has 0 bridgehead atoms. The van der Waals surface area contributed by atoms with Crippen molar-refractivity contribution in [3.05, 3.63) is 52.4 Å². The fraction of sp³-hybridized carbons (Fsp3) is 0.450. The van der Waals surface area contributed by atoms with Crippen LogP contribution in [-0.4, -0.2) is 38.2 Å². The van der Waals surface area contributed by atoms with Crippen LogP contribution in [0.4, 0.5) is 5.00 Å². The van der Waals surface area contributed by atoms with E-state index in [0.29, 0.717) is 6.04 Å². The number of rotatable bonds is 6. The second-order valence-corrected chi connectivity index (χ2v) is 7.86. The van der Waals surface area contributed by atoms with Gasteiger partial charge in [0.15, 0.2) is 5.96 Å². The van der Waals surface area contributed by atoms with Crippen LogP contribution < -0.4 is 15.5 Å². The lowest BCUT2D eigenvalue weighted by molar-refractivity contribution is 0.463. The SMILES string of the molecule is CCNC(=NCCc1ccc(Cl)cc1)NC1CCN(c2cccs2)CC1. The van der Waals surface area contributed by atoms with Crippen molar-refractivity contribution in [1.82, 2.24) is 10.6 Å². The molecule has 1 saturated heterocycles. The van der Waals surface area contributed by atoms with Crippen molar-refractivity contribution in [2.45, 2.75) is 32.2 Å². The first-order valence-electron chi connectivity index (χ1n) is 9.32. The summed E-state index contributed by atoms with van der Waals surface area (Å²) in [7, 11) is 0. The van der Waals surface area contributed by atoms with E-state index in [4.69, 9.17) is 16.6 Å². The molecule has 6 heteroatoms. The minimum Gasteiger partial charge on any atom is -0.363 e. The Kier molecular flexibility index (Phi) is 7.21. The van der Waals surface area contributed by atoms with E-state index in [2.05, 4.69) is 52.1 Å². The molecule has 2 heterocycles. The van der Waals surface area contributed by atoms with Crippen LogP contribution in [0.15, 0.2) is 46.8 Å². The fourth-order valence-electron chi connectivity index (χ4n) is 3.16. The van der Waals surface area contributed by atoms with Gasteiger partial charge in [-0.3, -0.25) is 4.99 Å². The van der Waals surface area contributed by atoms with Crippen molar-refractivity contribution in [3.63, 3.8) is 0 Å². The number of nitrogens with zero attached hydrogens (tertiary/aromatic N) is 2. The Balaban J connectivity index is 1.47. The molecule has 1 fully saturated rings. The smallest absolute Gasteiger partial charge is 0.191 e. The Morgan fingerprint density at radius 2 is 2.00 bits per heavy atom. The highest BCUT2D eigenvalue weighted by atomic mass is 35.5. The number of halogens is 1. The molecule has 140 valence electrons. The molecule has 2 N–H and O–H groups in total. The molecule has 0 amide bonds. The van der Waals surface area contributed by atoms with Crippen LogP contribution >= 0.6 is 22.9 Å². The van der Waals surface area contributed by atoms with Crippen molar-refractivity contribution in [2.24, 2.45) is 4.99 Å². The van der Waals surface area contributed by atoms with Gasteiger partial charge in [-0.05, 0) is 61.4 Å². The highest BCUT2D eigenvalue weighted by Gasteiger charge is 2.20. The van der Waals surface area contributed by atoms with Gasteiger partial charge in [0.2, 0.25) is 0 Å². The molecule has 0 atom stereocenters. The van der Waals surface area contributed by atoms with E-state index < -0.39 is 0 Å². The lowest BCUT2D eigenvalue weighted by Gasteiger charge is -2.33. The van der Waals surface area contributed by atoms with Crippen LogP contribution in [-0.2, 0) is 6.42 Å². The van der Waals surface area contributed by atoms with Gasteiger partial charge in [-0.15, -0.1) is 11.3 Å². The average molecular weight is 391 g/mol. The Morgan fingerprint density at radius 3 is 2.65 bits per heavy atom. The maximum atomic E-state index is 5.94. The standard InChI is InChI=1S/C20H27ClN4S/c1-2-22-20(23-12-9-16-5-7-17(21)8-6-16)24-18-10-13-25(14-11-18)19-4-3-15-26-19/h3-8,15,18H,2,9-14H2,1H3,(H2,22,23,24). The molecule has 1 aliphatic rings. The van der Waals surface area contributed by atoms with Gasteiger partial charge in [0.1, 0.15) is 0 Å².